The molecule has 1 unspecified atom stereocenters. The number of aromatic nitrogens is 1. The lowest BCUT2D eigenvalue weighted by atomic mass is 9.73. The quantitative estimate of drug-likeness (QED) is 0.364. The Morgan fingerprint density at radius 2 is 1.82 bits per heavy atom. The number of hydrogen-bond donors (Lipinski definition) is 4. The van der Waals surface area contributed by atoms with Gasteiger partial charge in [-0.05, 0) is 45.2 Å². The molecule has 0 bridgehead atoms. The van der Waals surface area contributed by atoms with Gasteiger partial charge >= 0.3 is 13.1 Å². The highest BCUT2D eigenvalue weighted by Crippen LogP contribution is 2.17. The molecule has 0 aliphatic carbocycles. The third kappa shape index (κ3) is 8.11. The van der Waals surface area contributed by atoms with E-state index in [1.54, 1.807) is 25.1 Å². The van der Waals surface area contributed by atoms with Gasteiger partial charge in [-0.25, -0.2) is 4.98 Å². The van der Waals surface area contributed by atoms with Gasteiger partial charge in [0.2, 0.25) is 5.91 Å². The fourth-order valence-electron chi connectivity index (χ4n) is 4.20. The van der Waals surface area contributed by atoms with Gasteiger partial charge in [-0.2, -0.15) is 0 Å². The van der Waals surface area contributed by atoms with Gasteiger partial charge in [-0.3, -0.25) is 19.7 Å². The summed E-state index contributed by atoms with van der Waals surface area (Å²) in [6, 6.07) is 12.5. The minimum Gasteiger partial charge on any atom is -0.507 e. The largest absolute Gasteiger partial charge is 0.551 e. The number of rotatable bonds is 9. The first-order valence-electron chi connectivity index (χ1n) is 12.9. The summed E-state index contributed by atoms with van der Waals surface area (Å²) in [6.07, 6.45) is -0.762. The second kappa shape index (κ2) is 13.5. The first-order valence-corrected chi connectivity index (χ1v) is 12.9. The molecular formula is C27H37BN4O6. The van der Waals surface area contributed by atoms with Crippen molar-refractivity contribution < 1.29 is 28.8 Å². The molecule has 2 aromatic rings. The third-order valence-corrected chi connectivity index (χ3v) is 6.12. The van der Waals surface area contributed by atoms with E-state index in [1.165, 1.54) is 6.92 Å². The summed E-state index contributed by atoms with van der Waals surface area (Å²) in [6.45, 7) is 9.22. The molecule has 0 spiro atoms. The zero-order chi connectivity index (χ0) is 27.8. The Morgan fingerprint density at radius 3 is 2.47 bits per heavy atom. The standard InChI is InChI=1S/C27H37BN4O6/c1-16(2)14-23(28-37-15-17(3)29-18(4)27(36)38-28)31-26(35)24(19(5)33)32-25(34)22-13-9-12-21(30-22)20-10-7-6-8-11-20/h6-13,16-19,23-24,29,33H,14-15H2,1-5H3,(H,31,35)(H,32,34)/t17-,18-,19-,23+,24?/m1/s1. The van der Waals surface area contributed by atoms with Crippen LogP contribution in [0.25, 0.3) is 11.3 Å². The van der Waals surface area contributed by atoms with Gasteiger partial charge < -0.3 is 25.0 Å². The van der Waals surface area contributed by atoms with Crippen LogP contribution in [-0.2, 0) is 18.9 Å². The number of benzene rings is 1. The van der Waals surface area contributed by atoms with Crippen molar-refractivity contribution in [2.75, 3.05) is 6.61 Å². The van der Waals surface area contributed by atoms with Crippen LogP contribution < -0.4 is 16.0 Å². The van der Waals surface area contributed by atoms with Crippen LogP contribution in [0.3, 0.4) is 0 Å². The summed E-state index contributed by atoms with van der Waals surface area (Å²) in [5, 5.41) is 18.9. The molecule has 0 saturated carbocycles. The molecule has 5 atom stereocenters. The van der Waals surface area contributed by atoms with E-state index in [2.05, 4.69) is 20.9 Å². The molecule has 1 aromatic heterocycles. The van der Waals surface area contributed by atoms with E-state index in [9.17, 15) is 19.5 Å². The summed E-state index contributed by atoms with van der Waals surface area (Å²) in [4.78, 5) is 43.3. The van der Waals surface area contributed by atoms with Crippen LogP contribution in [0.5, 0.6) is 0 Å². The maximum Gasteiger partial charge on any atom is 0.551 e. The summed E-state index contributed by atoms with van der Waals surface area (Å²) >= 11 is 0. The number of nitrogens with zero attached hydrogens (tertiary/aromatic N) is 1. The molecule has 1 aromatic carbocycles. The second-order valence-corrected chi connectivity index (χ2v) is 10.1. The Labute approximate surface area is 224 Å². The summed E-state index contributed by atoms with van der Waals surface area (Å²) < 4.78 is 11.4. The van der Waals surface area contributed by atoms with Crippen LogP contribution in [-0.4, -0.2) is 71.8 Å². The fraction of sp³-hybridized carbons (Fsp3) is 0.481. The van der Waals surface area contributed by atoms with Crippen molar-refractivity contribution in [3.05, 3.63) is 54.2 Å². The van der Waals surface area contributed by atoms with Crippen LogP contribution in [0, 0.1) is 5.92 Å². The maximum absolute atomic E-state index is 13.3. The van der Waals surface area contributed by atoms with Crippen molar-refractivity contribution >= 4 is 24.9 Å². The lowest BCUT2D eigenvalue weighted by Crippen LogP contribution is -2.60. The van der Waals surface area contributed by atoms with E-state index in [0.29, 0.717) is 12.1 Å². The molecule has 3 rings (SSSR count). The van der Waals surface area contributed by atoms with Crippen molar-refractivity contribution in [2.24, 2.45) is 5.92 Å². The zero-order valence-corrected chi connectivity index (χ0v) is 22.5. The van der Waals surface area contributed by atoms with Gasteiger partial charge in [0.1, 0.15) is 17.8 Å². The molecule has 11 heteroatoms. The first kappa shape index (κ1) is 29.3. The topological polar surface area (TPSA) is 139 Å². The Kier molecular flexibility index (Phi) is 10.4. The molecule has 1 aliphatic heterocycles. The van der Waals surface area contributed by atoms with Crippen LogP contribution in [0.2, 0.25) is 0 Å². The van der Waals surface area contributed by atoms with Crippen molar-refractivity contribution in [3.8, 4) is 11.3 Å². The maximum atomic E-state index is 13.3. The number of aliphatic hydroxyl groups excluding tert-OH is 1. The SMILES string of the molecule is CC(C)C[C@H](NC(=O)C(NC(=O)c1cccc(-c2ccccc2)n1)[C@@H](C)O)B1OC[C@@H](C)N[C@H](C)C(=O)O1. The van der Waals surface area contributed by atoms with Crippen molar-refractivity contribution in [1.29, 1.82) is 0 Å². The number of carbonyl (C=O) groups excluding carboxylic acids is 3. The van der Waals surface area contributed by atoms with Crippen LogP contribution in [0.15, 0.2) is 48.5 Å². The average Bonchev–Trinajstić information content (AvgIpc) is 2.88. The Balaban J connectivity index is 1.76. The lowest BCUT2D eigenvalue weighted by Gasteiger charge is -2.32. The van der Waals surface area contributed by atoms with Gasteiger partial charge in [-0.1, -0.05) is 50.2 Å². The van der Waals surface area contributed by atoms with Gasteiger partial charge in [0.15, 0.2) is 0 Å². The molecule has 1 aliphatic rings. The molecule has 10 nitrogen and oxygen atoms in total. The van der Waals surface area contributed by atoms with Gasteiger partial charge in [0.25, 0.3) is 5.91 Å². The minimum atomic E-state index is -1.27. The zero-order valence-electron chi connectivity index (χ0n) is 22.5. The van der Waals surface area contributed by atoms with Gasteiger partial charge in [-0.15, -0.1) is 0 Å². The summed E-state index contributed by atoms with van der Waals surface area (Å²) in [7, 11) is -1.02. The molecular weight excluding hydrogens is 487 g/mol. The number of amides is 2. The molecule has 4 N–H and O–H groups in total. The Morgan fingerprint density at radius 1 is 1.11 bits per heavy atom. The normalized spacial score (nSPS) is 20.5. The van der Waals surface area contributed by atoms with Crippen LogP contribution in [0.1, 0.15) is 51.5 Å². The molecule has 1 saturated heterocycles. The molecule has 204 valence electrons. The smallest absolute Gasteiger partial charge is 0.507 e. The number of nitrogens with one attached hydrogen (secondary N) is 3. The summed E-state index contributed by atoms with van der Waals surface area (Å²) in [5.41, 5.74) is 1.56. The second-order valence-electron chi connectivity index (χ2n) is 10.1. The predicted octanol–water partition coefficient (Wildman–Crippen LogP) is 1.73. The van der Waals surface area contributed by atoms with E-state index in [1.807, 2.05) is 51.1 Å². The van der Waals surface area contributed by atoms with Crippen molar-refractivity contribution in [1.82, 2.24) is 20.9 Å². The van der Waals surface area contributed by atoms with Crippen LogP contribution in [0.4, 0.5) is 0 Å². The van der Waals surface area contributed by atoms with E-state index < -0.39 is 49.0 Å². The lowest BCUT2D eigenvalue weighted by molar-refractivity contribution is -0.140. The molecule has 2 heterocycles. The number of pyridine rings is 1. The Bertz CT molecular complexity index is 1100. The van der Waals surface area contributed by atoms with E-state index in [0.717, 1.165) is 5.56 Å². The number of aliphatic hydroxyl groups is 1. The van der Waals surface area contributed by atoms with Gasteiger partial charge in [0, 0.05) is 18.2 Å². The minimum absolute atomic E-state index is 0.0978. The molecule has 2 amide bonds. The van der Waals surface area contributed by atoms with E-state index in [4.69, 9.17) is 9.31 Å². The highest BCUT2D eigenvalue weighted by Gasteiger charge is 2.40. The first-order chi connectivity index (χ1) is 18.0. The number of carbonyl (C=O) groups is 3. The Hall–Kier alpha value is -3.28. The molecule has 0 radical (unpaired) electrons. The van der Waals surface area contributed by atoms with Crippen LogP contribution >= 0.6 is 0 Å². The van der Waals surface area contributed by atoms with E-state index in [-0.39, 0.29) is 24.3 Å². The predicted molar refractivity (Wildman–Crippen MR) is 144 cm³/mol. The number of hydrogen-bond acceptors (Lipinski definition) is 8. The van der Waals surface area contributed by atoms with E-state index >= 15 is 0 Å². The average molecular weight is 524 g/mol. The van der Waals surface area contributed by atoms with Crippen molar-refractivity contribution in [2.45, 2.75) is 71.2 Å². The van der Waals surface area contributed by atoms with Gasteiger partial charge in [0.05, 0.1) is 17.7 Å². The summed E-state index contributed by atoms with van der Waals surface area (Å²) in [5.74, 6) is -2.28. The van der Waals surface area contributed by atoms with Crippen molar-refractivity contribution in [3.63, 3.8) is 0 Å². The highest BCUT2D eigenvalue weighted by atomic mass is 16.6. The fourth-order valence-corrected chi connectivity index (χ4v) is 4.20. The molecule has 1 fully saturated rings. The third-order valence-electron chi connectivity index (χ3n) is 6.12. The molecule has 38 heavy (non-hydrogen) atoms. The highest BCUT2D eigenvalue weighted by molar-refractivity contribution is 6.49. The monoisotopic (exact) mass is 524 g/mol.